The van der Waals surface area contributed by atoms with E-state index in [9.17, 15) is 9.59 Å². The summed E-state index contributed by atoms with van der Waals surface area (Å²) in [6, 6.07) is 3.56. The van der Waals surface area contributed by atoms with Gasteiger partial charge in [0.2, 0.25) is 5.91 Å². The zero-order chi connectivity index (χ0) is 18.5. The predicted octanol–water partition coefficient (Wildman–Crippen LogP) is 1.88. The first-order valence-corrected chi connectivity index (χ1v) is 9.59. The number of amides is 2. The monoisotopic (exact) mass is 377 g/mol. The average Bonchev–Trinajstić information content (AvgIpc) is 3.37. The molecule has 2 N–H and O–H groups in total. The fourth-order valence-electron chi connectivity index (χ4n) is 2.86. The second kappa shape index (κ2) is 8.39. The standard InChI is InChI=1S/C17H23N5O3S/c1-11(15(23)19-12-6-3-4-7-12)26-17-21-20-14(22(17)2)10-18-16(24)13-8-5-9-25-13/h5,8-9,11-12H,3-4,6-7,10H2,1-2H3,(H,18,24)(H,19,23)/t11-/m1/s1. The second-order valence-corrected chi connectivity index (χ2v) is 7.68. The molecule has 0 spiro atoms. The maximum Gasteiger partial charge on any atom is 0.287 e. The van der Waals surface area contributed by atoms with E-state index in [1.807, 2.05) is 14.0 Å². The van der Waals surface area contributed by atoms with Gasteiger partial charge in [-0.05, 0) is 31.9 Å². The van der Waals surface area contributed by atoms with Crippen LogP contribution < -0.4 is 10.6 Å². The molecule has 8 nitrogen and oxygen atoms in total. The van der Waals surface area contributed by atoms with E-state index in [0.717, 1.165) is 12.8 Å². The van der Waals surface area contributed by atoms with Crippen LogP contribution in [0.2, 0.25) is 0 Å². The Morgan fingerprint density at radius 2 is 2.15 bits per heavy atom. The second-order valence-electron chi connectivity index (χ2n) is 6.37. The molecule has 140 valence electrons. The Labute approximate surface area is 156 Å². The summed E-state index contributed by atoms with van der Waals surface area (Å²) < 4.78 is 6.83. The van der Waals surface area contributed by atoms with Gasteiger partial charge in [0.1, 0.15) is 0 Å². The average molecular weight is 377 g/mol. The number of nitrogens with one attached hydrogen (secondary N) is 2. The Hall–Kier alpha value is -2.29. The SMILES string of the molecule is C[C@@H](Sc1nnc(CNC(=O)c2ccco2)n1C)C(=O)NC1CCCC1. The van der Waals surface area contributed by atoms with Crippen molar-refractivity contribution < 1.29 is 14.0 Å². The normalized spacial score (nSPS) is 15.8. The van der Waals surface area contributed by atoms with Crippen molar-refractivity contribution in [3.05, 3.63) is 30.0 Å². The summed E-state index contributed by atoms with van der Waals surface area (Å²) >= 11 is 1.36. The van der Waals surface area contributed by atoms with Crippen molar-refractivity contribution in [3.63, 3.8) is 0 Å². The highest BCUT2D eigenvalue weighted by atomic mass is 32.2. The van der Waals surface area contributed by atoms with Crippen LogP contribution in [0.5, 0.6) is 0 Å². The predicted molar refractivity (Wildman–Crippen MR) is 96.6 cm³/mol. The molecule has 1 fully saturated rings. The van der Waals surface area contributed by atoms with Gasteiger partial charge < -0.3 is 19.6 Å². The van der Waals surface area contributed by atoms with Crippen molar-refractivity contribution in [1.29, 1.82) is 0 Å². The first-order chi connectivity index (χ1) is 12.5. The fraction of sp³-hybridized carbons (Fsp3) is 0.529. The van der Waals surface area contributed by atoms with Crippen LogP contribution >= 0.6 is 11.8 Å². The molecule has 0 bridgehead atoms. The Morgan fingerprint density at radius 1 is 1.38 bits per heavy atom. The van der Waals surface area contributed by atoms with E-state index >= 15 is 0 Å². The van der Waals surface area contributed by atoms with Gasteiger partial charge in [0.25, 0.3) is 5.91 Å². The molecule has 1 aliphatic rings. The zero-order valence-electron chi connectivity index (χ0n) is 14.9. The number of nitrogens with zero attached hydrogens (tertiary/aromatic N) is 3. The lowest BCUT2D eigenvalue weighted by Gasteiger charge is -2.16. The number of carbonyl (C=O) groups is 2. The van der Waals surface area contributed by atoms with Crippen molar-refractivity contribution in [2.24, 2.45) is 7.05 Å². The van der Waals surface area contributed by atoms with E-state index in [-0.39, 0.29) is 29.4 Å². The van der Waals surface area contributed by atoms with E-state index in [1.165, 1.54) is 30.9 Å². The lowest BCUT2D eigenvalue weighted by molar-refractivity contribution is -0.120. The van der Waals surface area contributed by atoms with Crippen molar-refractivity contribution in [2.75, 3.05) is 0 Å². The Balaban J connectivity index is 1.52. The highest BCUT2D eigenvalue weighted by Crippen LogP contribution is 2.23. The molecule has 2 aromatic heterocycles. The third kappa shape index (κ3) is 4.46. The third-order valence-corrected chi connectivity index (χ3v) is 5.56. The molecule has 26 heavy (non-hydrogen) atoms. The van der Waals surface area contributed by atoms with Gasteiger partial charge in [0.15, 0.2) is 16.7 Å². The van der Waals surface area contributed by atoms with Crippen LogP contribution in [-0.2, 0) is 18.4 Å². The summed E-state index contributed by atoms with van der Waals surface area (Å²) in [5.41, 5.74) is 0. The summed E-state index contributed by atoms with van der Waals surface area (Å²) in [7, 11) is 1.82. The van der Waals surface area contributed by atoms with E-state index in [0.29, 0.717) is 17.0 Å². The molecule has 2 amide bonds. The molecule has 0 unspecified atom stereocenters. The molecule has 1 aliphatic carbocycles. The van der Waals surface area contributed by atoms with Crippen LogP contribution in [0.3, 0.4) is 0 Å². The minimum absolute atomic E-state index is 0.0255. The molecule has 9 heteroatoms. The van der Waals surface area contributed by atoms with E-state index < -0.39 is 0 Å². The van der Waals surface area contributed by atoms with Gasteiger partial charge in [-0.15, -0.1) is 10.2 Å². The summed E-state index contributed by atoms with van der Waals surface area (Å²) in [6.07, 6.45) is 5.94. The molecule has 2 heterocycles. The number of hydrogen-bond acceptors (Lipinski definition) is 6. The molecule has 0 aromatic carbocycles. The minimum atomic E-state index is -0.309. The first-order valence-electron chi connectivity index (χ1n) is 8.71. The highest BCUT2D eigenvalue weighted by molar-refractivity contribution is 8.00. The van der Waals surface area contributed by atoms with E-state index in [1.54, 1.807) is 16.7 Å². The van der Waals surface area contributed by atoms with Crippen LogP contribution in [0, 0.1) is 0 Å². The van der Waals surface area contributed by atoms with Crippen LogP contribution in [0.1, 0.15) is 49.0 Å². The van der Waals surface area contributed by atoms with Gasteiger partial charge >= 0.3 is 0 Å². The Bertz CT molecular complexity index is 753. The maximum atomic E-state index is 12.3. The van der Waals surface area contributed by atoms with Crippen molar-refractivity contribution in [1.82, 2.24) is 25.4 Å². The summed E-state index contributed by atoms with van der Waals surface area (Å²) in [5, 5.41) is 14.4. The molecule has 1 saturated carbocycles. The van der Waals surface area contributed by atoms with Gasteiger partial charge in [0, 0.05) is 13.1 Å². The number of hydrogen-bond donors (Lipinski definition) is 2. The van der Waals surface area contributed by atoms with Gasteiger partial charge in [-0.3, -0.25) is 9.59 Å². The van der Waals surface area contributed by atoms with Crippen molar-refractivity contribution in [2.45, 2.75) is 55.6 Å². The minimum Gasteiger partial charge on any atom is -0.459 e. The smallest absolute Gasteiger partial charge is 0.287 e. The molecule has 2 aromatic rings. The quantitative estimate of drug-likeness (QED) is 0.714. The Kier molecular flexibility index (Phi) is 5.97. The molecule has 0 radical (unpaired) electrons. The van der Waals surface area contributed by atoms with Crippen molar-refractivity contribution in [3.8, 4) is 0 Å². The van der Waals surface area contributed by atoms with E-state index in [2.05, 4.69) is 20.8 Å². The fourth-order valence-corrected chi connectivity index (χ4v) is 3.70. The molecule has 0 saturated heterocycles. The van der Waals surface area contributed by atoms with Crippen LogP contribution in [0.15, 0.2) is 28.0 Å². The molecule has 3 rings (SSSR count). The molecule has 1 atom stereocenters. The van der Waals surface area contributed by atoms with Gasteiger partial charge in [0.05, 0.1) is 18.1 Å². The number of rotatable bonds is 7. The number of aromatic nitrogens is 3. The van der Waals surface area contributed by atoms with Crippen LogP contribution in [-0.4, -0.2) is 37.9 Å². The van der Waals surface area contributed by atoms with E-state index in [4.69, 9.17) is 4.42 Å². The lowest BCUT2D eigenvalue weighted by atomic mass is 10.2. The molecular weight excluding hydrogens is 354 g/mol. The maximum absolute atomic E-state index is 12.3. The zero-order valence-corrected chi connectivity index (χ0v) is 15.7. The third-order valence-electron chi connectivity index (χ3n) is 4.43. The largest absolute Gasteiger partial charge is 0.459 e. The van der Waals surface area contributed by atoms with Crippen LogP contribution in [0.4, 0.5) is 0 Å². The highest BCUT2D eigenvalue weighted by Gasteiger charge is 2.23. The summed E-state index contributed by atoms with van der Waals surface area (Å²) in [4.78, 5) is 24.2. The molecule has 0 aliphatic heterocycles. The number of furan rings is 1. The summed E-state index contributed by atoms with van der Waals surface area (Å²) in [6.45, 7) is 2.09. The van der Waals surface area contributed by atoms with Gasteiger partial charge in [-0.2, -0.15) is 0 Å². The summed E-state index contributed by atoms with van der Waals surface area (Å²) in [5.74, 6) is 0.573. The molecular formula is C17H23N5O3S. The van der Waals surface area contributed by atoms with Gasteiger partial charge in [-0.1, -0.05) is 24.6 Å². The lowest BCUT2D eigenvalue weighted by Crippen LogP contribution is -2.37. The van der Waals surface area contributed by atoms with Gasteiger partial charge in [-0.25, -0.2) is 0 Å². The number of carbonyl (C=O) groups excluding carboxylic acids is 2. The number of thioether (sulfide) groups is 1. The van der Waals surface area contributed by atoms with Crippen LogP contribution in [0.25, 0.3) is 0 Å². The van der Waals surface area contributed by atoms with Crippen molar-refractivity contribution >= 4 is 23.6 Å². The first kappa shape index (κ1) is 18.5. The topological polar surface area (TPSA) is 102 Å². The Morgan fingerprint density at radius 3 is 2.85 bits per heavy atom.